The lowest BCUT2D eigenvalue weighted by Crippen LogP contribution is -2.53. The van der Waals surface area contributed by atoms with E-state index in [9.17, 15) is 51.1 Å². The zero-order valence-corrected chi connectivity index (χ0v) is 19.6. The van der Waals surface area contributed by atoms with Crippen molar-refractivity contribution in [3.63, 3.8) is 0 Å². The normalized spacial score (nSPS) is 16.9. The minimum atomic E-state index is -1.99. The monoisotopic (exact) mass is 524 g/mol. The molecule has 0 aliphatic carbocycles. The lowest BCUT2D eigenvalue weighted by Gasteiger charge is -2.37. The average Bonchev–Trinajstić information content (AvgIpc) is 2.91. The number of hydrogen-bond donors (Lipinski definition) is 14. The lowest BCUT2D eigenvalue weighted by molar-refractivity contribution is -0.166. The van der Waals surface area contributed by atoms with Crippen LogP contribution in [0.4, 0.5) is 0 Å². The highest BCUT2D eigenvalue weighted by atomic mass is 16.5. The summed E-state index contributed by atoms with van der Waals surface area (Å²) in [6, 6.07) is 0. The Morgan fingerprint density at radius 2 is 0.943 bits per heavy atom. The van der Waals surface area contributed by atoms with Gasteiger partial charge in [-0.15, -0.1) is 0 Å². The molecule has 14 N–H and O–H groups in total. The largest absolute Gasteiger partial charge is 0.396 e. The molecule has 0 saturated carbocycles. The summed E-state index contributed by atoms with van der Waals surface area (Å²) in [5.74, 6) is 0. The smallest absolute Gasteiger partial charge is 0.111 e. The molecule has 0 radical (unpaired) electrons. The maximum Gasteiger partial charge on any atom is 0.111 e. The Labute approximate surface area is 203 Å². The van der Waals surface area contributed by atoms with Gasteiger partial charge in [0.1, 0.15) is 30.5 Å². The van der Waals surface area contributed by atoms with Gasteiger partial charge in [0.05, 0.1) is 65.6 Å². The molecule has 0 saturated heterocycles. The van der Waals surface area contributed by atoms with Crippen molar-refractivity contribution in [3.05, 3.63) is 0 Å². The minimum Gasteiger partial charge on any atom is -0.396 e. The second-order valence-electron chi connectivity index (χ2n) is 8.55. The molecule has 0 amide bonds. The zero-order valence-electron chi connectivity index (χ0n) is 19.6. The molecule has 0 heterocycles. The Balaban J connectivity index is 0. The van der Waals surface area contributed by atoms with Crippen molar-refractivity contribution in [2.45, 2.75) is 49.5 Å². The number of rotatable bonds is 19. The SMILES string of the molecule is OCC(O)CO.OC[C@@H](O)[C@@H](O)[C@H](O)[C@@H](O)C(CC(CO)(CO)CO)OCCC(CO)(CO)CO. The summed E-state index contributed by atoms with van der Waals surface area (Å²) in [5, 5.41) is 129. The van der Waals surface area contributed by atoms with Crippen molar-refractivity contribution in [1.29, 1.82) is 0 Å². The molecule has 5 atom stereocenters. The second-order valence-corrected chi connectivity index (χ2v) is 8.55. The first kappa shape index (κ1) is 36.6. The fraction of sp³-hybridized carbons (Fsp3) is 1.00. The van der Waals surface area contributed by atoms with Gasteiger partial charge >= 0.3 is 0 Å². The number of hydrogen-bond acceptors (Lipinski definition) is 15. The molecule has 15 heteroatoms. The van der Waals surface area contributed by atoms with E-state index in [0.717, 1.165) is 0 Å². The molecule has 0 aromatic heterocycles. The summed E-state index contributed by atoms with van der Waals surface area (Å²) in [7, 11) is 0. The Kier molecular flexibility index (Phi) is 20.4. The summed E-state index contributed by atoms with van der Waals surface area (Å²) in [4.78, 5) is 0. The lowest BCUT2D eigenvalue weighted by atomic mass is 9.81. The average molecular weight is 525 g/mol. The van der Waals surface area contributed by atoms with Gasteiger partial charge in [-0.25, -0.2) is 0 Å². The van der Waals surface area contributed by atoms with Gasteiger partial charge in [-0.2, -0.15) is 0 Å². The molecule has 214 valence electrons. The summed E-state index contributed by atoms with van der Waals surface area (Å²) in [6.07, 6.45) is -10.3. The van der Waals surface area contributed by atoms with Gasteiger partial charge in [-0.3, -0.25) is 0 Å². The fourth-order valence-corrected chi connectivity index (χ4v) is 2.68. The van der Waals surface area contributed by atoms with E-state index >= 15 is 0 Å². The molecule has 0 spiro atoms. The van der Waals surface area contributed by atoms with Crippen LogP contribution in [-0.2, 0) is 4.74 Å². The molecule has 0 aliphatic heterocycles. The topological polar surface area (TPSA) is 292 Å². The molecule has 0 rings (SSSR count). The Bertz CT molecular complexity index is 469. The van der Waals surface area contributed by atoms with Gasteiger partial charge in [-0.1, -0.05) is 0 Å². The van der Waals surface area contributed by atoms with Crippen LogP contribution >= 0.6 is 0 Å². The van der Waals surface area contributed by atoms with Crippen LogP contribution in [0.15, 0.2) is 0 Å². The first-order valence-corrected chi connectivity index (χ1v) is 11.0. The molecule has 0 fully saturated rings. The quantitative estimate of drug-likeness (QED) is 0.0746. The molecule has 0 aromatic carbocycles. The van der Waals surface area contributed by atoms with Crippen LogP contribution < -0.4 is 0 Å². The minimum absolute atomic E-state index is 0.0675. The maximum absolute atomic E-state index is 10.4. The van der Waals surface area contributed by atoms with E-state index < -0.39 is 93.7 Å². The zero-order chi connectivity index (χ0) is 27.7. The summed E-state index contributed by atoms with van der Waals surface area (Å²) in [5.41, 5.74) is -2.78. The van der Waals surface area contributed by atoms with Gasteiger partial charge in [0, 0.05) is 17.4 Å². The van der Waals surface area contributed by atoms with Crippen LogP contribution in [0.1, 0.15) is 12.8 Å². The van der Waals surface area contributed by atoms with Crippen LogP contribution in [0.3, 0.4) is 0 Å². The van der Waals surface area contributed by atoms with E-state index in [2.05, 4.69) is 0 Å². The van der Waals surface area contributed by atoms with Crippen molar-refractivity contribution in [3.8, 4) is 0 Å². The number of aliphatic hydroxyl groups excluding tert-OH is 14. The van der Waals surface area contributed by atoms with E-state index in [1.807, 2.05) is 0 Å². The molecule has 0 bridgehead atoms. The van der Waals surface area contributed by atoms with Crippen LogP contribution in [0.25, 0.3) is 0 Å². The van der Waals surface area contributed by atoms with Gasteiger partial charge < -0.3 is 76.2 Å². The first-order chi connectivity index (χ1) is 16.5. The van der Waals surface area contributed by atoms with Crippen LogP contribution in [0, 0.1) is 10.8 Å². The standard InChI is InChI=1S/C17H36O12.C3H8O3/c18-4-11(25)13(26)15(28)14(27)12(3-17(8-22,9-23)10-24)29-2-1-16(5-19,6-20)7-21;4-1-3(6)2-5/h11-15,18-28H,1-10H2;3-6H,1-2H2/t11-,12?,13-,14+,15+;/m1./s1. The molecular formula is C20H44O15. The van der Waals surface area contributed by atoms with Crippen molar-refractivity contribution in [2.75, 3.05) is 66.1 Å². The summed E-state index contributed by atoms with van der Waals surface area (Å²) < 4.78 is 5.48. The third-order valence-electron chi connectivity index (χ3n) is 5.69. The van der Waals surface area contributed by atoms with Gasteiger partial charge in [0.15, 0.2) is 0 Å². The molecule has 1 unspecified atom stereocenters. The van der Waals surface area contributed by atoms with Gasteiger partial charge in [0.25, 0.3) is 0 Å². The van der Waals surface area contributed by atoms with Crippen LogP contribution in [0.5, 0.6) is 0 Å². The predicted molar refractivity (Wildman–Crippen MR) is 118 cm³/mol. The Hall–Kier alpha value is -0.600. The van der Waals surface area contributed by atoms with Gasteiger partial charge in [-0.05, 0) is 12.8 Å². The molecule has 35 heavy (non-hydrogen) atoms. The maximum atomic E-state index is 10.4. The van der Waals surface area contributed by atoms with E-state index in [4.69, 9.17) is 25.2 Å². The fourth-order valence-electron chi connectivity index (χ4n) is 2.68. The molecule has 0 aliphatic rings. The van der Waals surface area contributed by atoms with Crippen molar-refractivity contribution < 1.29 is 76.2 Å². The van der Waals surface area contributed by atoms with Gasteiger partial charge in [0.2, 0.25) is 0 Å². The Morgan fingerprint density at radius 1 is 0.514 bits per heavy atom. The van der Waals surface area contributed by atoms with Crippen molar-refractivity contribution in [2.24, 2.45) is 10.8 Å². The van der Waals surface area contributed by atoms with E-state index in [1.165, 1.54) is 0 Å². The van der Waals surface area contributed by atoms with Crippen molar-refractivity contribution >= 4 is 0 Å². The van der Waals surface area contributed by atoms with Crippen LogP contribution in [0.2, 0.25) is 0 Å². The van der Waals surface area contributed by atoms with E-state index in [1.54, 1.807) is 0 Å². The predicted octanol–water partition coefficient (Wildman–Crippen LogP) is -7.15. The summed E-state index contributed by atoms with van der Waals surface area (Å²) in [6.45, 7) is -5.65. The third-order valence-corrected chi connectivity index (χ3v) is 5.69. The van der Waals surface area contributed by atoms with Crippen LogP contribution in [-0.4, -0.2) is 174 Å². The second kappa shape index (κ2) is 19.5. The van der Waals surface area contributed by atoms with Crippen molar-refractivity contribution in [1.82, 2.24) is 0 Å². The number of aliphatic hydroxyl groups is 14. The summed E-state index contributed by atoms with van der Waals surface area (Å²) >= 11 is 0. The highest BCUT2D eigenvalue weighted by Crippen LogP contribution is 2.28. The highest BCUT2D eigenvalue weighted by molar-refractivity contribution is 4.90. The molecule has 0 aromatic rings. The highest BCUT2D eigenvalue weighted by Gasteiger charge is 2.41. The first-order valence-electron chi connectivity index (χ1n) is 11.0. The van der Waals surface area contributed by atoms with E-state index in [-0.39, 0.29) is 32.7 Å². The molecule has 15 nitrogen and oxygen atoms in total. The third kappa shape index (κ3) is 12.5. The Morgan fingerprint density at radius 3 is 1.26 bits per heavy atom. The molecular weight excluding hydrogens is 480 g/mol. The van der Waals surface area contributed by atoms with E-state index in [0.29, 0.717) is 0 Å². The number of ether oxygens (including phenoxy) is 1.